The van der Waals surface area contributed by atoms with Crippen LogP contribution in [0.5, 0.6) is 0 Å². The van der Waals surface area contributed by atoms with Gasteiger partial charge in [-0.05, 0) is 36.4 Å². The van der Waals surface area contributed by atoms with Crippen LogP contribution in [0.1, 0.15) is 5.56 Å². The highest BCUT2D eigenvalue weighted by molar-refractivity contribution is 5.96. The van der Waals surface area contributed by atoms with Crippen LogP contribution in [0.2, 0.25) is 0 Å². The maximum Gasteiger partial charge on any atom is 0.322 e. The maximum absolute atomic E-state index is 12.7. The Morgan fingerprint density at radius 2 is 1.84 bits per heavy atom. The van der Waals surface area contributed by atoms with Gasteiger partial charge in [0.25, 0.3) is 0 Å². The number of rotatable bonds is 7. The van der Waals surface area contributed by atoms with E-state index in [9.17, 15) is 4.79 Å². The molecule has 0 aliphatic heterocycles. The van der Waals surface area contributed by atoms with Crippen molar-refractivity contribution in [2.75, 3.05) is 36.8 Å². The van der Waals surface area contributed by atoms with Gasteiger partial charge in [-0.15, -0.1) is 6.42 Å². The Bertz CT molecular complexity index is 1200. The van der Waals surface area contributed by atoms with Gasteiger partial charge >= 0.3 is 6.03 Å². The van der Waals surface area contributed by atoms with E-state index in [1.54, 1.807) is 18.2 Å². The molecule has 0 bridgehead atoms. The first-order valence-electron chi connectivity index (χ1n) is 9.45. The quantitative estimate of drug-likeness (QED) is 0.456. The molecule has 1 aromatic heterocycles. The van der Waals surface area contributed by atoms with Crippen LogP contribution in [0.15, 0.2) is 48.8 Å². The lowest BCUT2D eigenvalue weighted by atomic mass is 10.2. The van der Waals surface area contributed by atoms with Crippen molar-refractivity contribution in [2.45, 2.75) is 0 Å². The fourth-order valence-corrected chi connectivity index (χ4v) is 2.92. The highest BCUT2D eigenvalue weighted by atomic mass is 16.2. The number of carbonyl (C=O) groups excluding carboxylic acids is 1. The van der Waals surface area contributed by atoms with Gasteiger partial charge in [-0.2, -0.15) is 0 Å². The molecule has 31 heavy (non-hydrogen) atoms. The van der Waals surface area contributed by atoms with Crippen molar-refractivity contribution in [3.63, 3.8) is 0 Å². The van der Waals surface area contributed by atoms with Gasteiger partial charge in [0, 0.05) is 22.3 Å². The zero-order chi connectivity index (χ0) is 22.1. The molecule has 0 atom stereocenters. The van der Waals surface area contributed by atoms with Crippen molar-refractivity contribution in [3.8, 4) is 12.3 Å². The lowest BCUT2D eigenvalue weighted by Gasteiger charge is -2.19. The summed E-state index contributed by atoms with van der Waals surface area (Å²) in [6.45, 7) is 14.8. The van der Waals surface area contributed by atoms with Crippen LogP contribution in [0.25, 0.3) is 20.6 Å². The van der Waals surface area contributed by atoms with Gasteiger partial charge in [0.05, 0.1) is 18.6 Å². The summed E-state index contributed by atoms with van der Waals surface area (Å²) in [5.74, 6) is 3.18. The number of hydrogen-bond donors (Lipinski definition) is 2. The van der Waals surface area contributed by atoms with E-state index in [0.29, 0.717) is 17.0 Å². The zero-order valence-corrected chi connectivity index (χ0v) is 16.7. The number of anilines is 3. The molecule has 0 fully saturated rings. The van der Waals surface area contributed by atoms with E-state index in [1.165, 1.54) is 11.2 Å². The summed E-state index contributed by atoms with van der Waals surface area (Å²) in [6, 6.07) is 12.4. The van der Waals surface area contributed by atoms with Gasteiger partial charge in [-0.25, -0.2) is 27.9 Å². The molecule has 0 unspecified atom stereocenters. The monoisotopic (exact) mass is 409 g/mol. The molecule has 0 radical (unpaired) electrons. The minimum atomic E-state index is -0.361. The molecule has 2 aromatic carbocycles. The van der Waals surface area contributed by atoms with Crippen molar-refractivity contribution >= 4 is 34.1 Å². The van der Waals surface area contributed by atoms with Crippen molar-refractivity contribution in [1.29, 1.82) is 0 Å². The second kappa shape index (κ2) is 10.2. The van der Waals surface area contributed by atoms with E-state index < -0.39 is 0 Å². The largest absolute Gasteiger partial charge is 0.340 e. The van der Waals surface area contributed by atoms with Gasteiger partial charge in [-0.1, -0.05) is 12.0 Å². The fourth-order valence-electron chi connectivity index (χ4n) is 2.92. The number of carbonyl (C=O) groups is 1. The van der Waals surface area contributed by atoms with Gasteiger partial charge in [0.2, 0.25) is 13.1 Å². The second-order valence-corrected chi connectivity index (χ2v) is 6.48. The Kier molecular flexibility index (Phi) is 6.98. The van der Waals surface area contributed by atoms with Crippen LogP contribution >= 0.6 is 0 Å². The van der Waals surface area contributed by atoms with E-state index in [-0.39, 0.29) is 32.2 Å². The minimum Gasteiger partial charge on any atom is -0.340 e. The second-order valence-electron chi connectivity index (χ2n) is 6.48. The van der Waals surface area contributed by atoms with E-state index >= 15 is 0 Å². The first-order chi connectivity index (χ1) is 15.1. The van der Waals surface area contributed by atoms with Crippen LogP contribution in [-0.4, -0.2) is 47.1 Å². The molecule has 0 aliphatic rings. The van der Waals surface area contributed by atoms with Crippen molar-refractivity contribution in [2.24, 2.45) is 0 Å². The third-order valence-electron chi connectivity index (χ3n) is 4.43. The molecule has 0 saturated heterocycles. The van der Waals surface area contributed by atoms with Crippen molar-refractivity contribution < 1.29 is 4.79 Å². The Morgan fingerprint density at radius 3 is 2.55 bits per heavy atom. The average Bonchev–Trinajstić information content (AvgIpc) is 2.79. The van der Waals surface area contributed by atoms with Crippen LogP contribution in [0.4, 0.5) is 22.0 Å². The molecule has 3 rings (SSSR count). The van der Waals surface area contributed by atoms with E-state index in [4.69, 9.17) is 19.6 Å². The number of terminal acetylenes is 1. The van der Waals surface area contributed by atoms with Crippen molar-refractivity contribution in [1.82, 2.24) is 14.9 Å². The number of fused-ring (bicyclic) bond motifs is 1. The minimum absolute atomic E-state index is 0.182. The first-order valence-corrected chi connectivity index (χ1v) is 9.45. The number of aromatic nitrogens is 2. The summed E-state index contributed by atoms with van der Waals surface area (Å²) in [5.41, 5.74) is 2.80. The maximum atomic E-state index is 12.7. The first kappa shape index (κ1) is 21.1. The number of benzene rings is 2. The highest BCUT2D eigenvalue weighted by Crippen LogP contribution is 2.26. The van der Waals surface area contributed by atoms with Crippen LogP contribution in [0, 0.1) is 25.5 Å². The lowest BCUT2D eigenvalue weighted by Crippen LogP contribution is -2.38. The Balaban J connectivity index is 1.85. The van der Waals surface area contributed by atoms with Crippen LogP contribution < -0.4 is 10.6 Å². The smallest absolute Gasteiger partial charge is 0.322 e. The van der Waals surface area contributed by atoms with Crippen LogP contribution in [0.3, 0.4) is 0 Å². The molecule has 0 spiro atoms. The molecule has 1 heterocycles. The van der Waals surface area contributed by atoms with E-state index in [1.807, 2.05) is 24.3 Å². The van der Waals surface area contributed by atoms with E-state index in [2.05, 4.69) is 36.2 Å². The number of nitrogens with one attached hydrogen (secondary N) is 2. The van der Waals surface area contributed by atoms with Gasteiger partial charge < -0.3 is 25.2 Å². The van der Waals surface area contributed by atoms with E-state index in [0.717, 1.165) is 16.6 Å². The normalized spacial score (nSPS) is 9.84. The van der Waals surface area contributed by atoms with Gasteiger partial charge in [0.15, 0.2) is 0 Å². The summed E-state index contributed by atoms with van der Waals surface area (Å²) >= 11 is 0. The Labute approximate surface area is 180 Å². The molecule has 8 heteroatoms. The summed E-state index contributed by atoms with van der Waals surface area (Å²) in [4.78, 5) is 29.3. The fraction of sp³-hybridized carbons (Fsp3) is 0.174. The van der Waals surface area contributed by atoms with Gasteiger partial charge in [-0.3, -0.25) is 0 Å². The SMILES string of the molecule is [C-]#[N+]CCN(CC[N+]#[C-])C(=O)Nc1ccc2ncnc(Nc3cccc(C#C)c3)c2c1. The molecule has 2 N–H and O–H groups in total. The van der Waals surface area contributed by atoms with Crippen molar-refractivity contribution in [3.05, 3.63) is 77.2 Å². The molecule has 0 saturated carbocycles. The number of urea groups is 1. The van der Waals surface area contributed by atoms with Gasteiger partial charge in [0.1, 0.15) is 12.1 Å². The predicted octanol–water partition coefficient (Wildman–Crippen LogP) is 4.03. The number of nitrogens with zero attached hydrogens (tertiary/aromatic N) is 5. The summed E-state index contributed by atoms with van der Waals surface area (Å²) < 4.78 is 0. The number of amides is 2. The zero-order valence-electron chi connectivity index (χ0n) is 16.7. The van der Waals surface area contributed by atoms with Crippen LogP contribution in [-0.2, 0) is 0 Å². The standard InChI is InChI=1S/C23H19N7O/c1-4-17-6-5-7-18(14-17)28-22-20-15-19(8-9-21(20)26-16-27-22)29-23(31)30(12-10-24-2)13-11-25-3/h1,5-9,14-16H,10-13H2,(H,29,31)(H,26,27,28). The highest BCUT2D eigenvalue weighted by Gasteiger charge is 2.16. The summed E-state index contributed by atoms with van der Waals surface area (Å²) in [6.07, 6.45) is 6.94. The Morgan fingerprint density at radius 1 is 1.06 bits per heavy atom. The Hall–Kier alpha value is -4.61. The molecular formula is C23H19N7O. The predicted molar refractivity (Wildman–Crippen MR) is 121 cm³/mol. The lowest BCUT2D eigenvalue weighted by molar-refractivity contribution is 0.216. The molecule has 8 nitrogen and oxygen atoms in total. The summed E-state index contributed by atoms with van der Waals surface area (Å²) in [7, 11) is 0. The topological polar surface area (TPSA) is 78.9 Å². The molecular weight excluding hydrogens is 390 g/mol. The molecule has 0 aliphatic carbocycles. The summed E-state index contributed by atoms with van der Waals surface area (Å²) in [5, 5.41) is 6.80. The molecule has 3 aromatic rings. The molecule has 152 valence electrons. The number of hydrogen-bond acceptors (Lipinski definition) is 4. The third-order valence-corrected chi connectivity index (χ3v) is 4.43. The molecule has 2 amide bonds. The third kappa shape index (κ3) is 5.47. The average molecular weight is 409 g/mol.